The second-order valence-corrected chi connectivity index (χ2v) is 5.41. The molecule has 116 valence electrons. The topological polar surface area (TPSA) is 49.8 Å². The molecule has 1 amide bonds. The Morgan fingerprint density at radius 1 is 1.48 bits per heavy atom. The van der Waals surface area contributed by atoms with E-state index in [1.54, 1.807) is 24.0 Å². The van der Waals surface area contributed by atoms with E-state index in [9.17, 15) is 9.18 Å². The minimum absolute atomic E-state index is 0.0606. The zero-order valence-electron chi connectivity index (χ0n) is 12.3. The number of nitrogens with zero attached hydrogens (tertiary/aromatic N) is 1. The van der Waals surface area contributed by atoms with Gasteiger partial charge in [-0.3, -0.25) is 4.79 Å². The first kappa shape index (κ1) is 15.8. The molecular weight excluding hydrogens is 273 g/mol. The van der Waals surface area contributed by atoms with Crippen LogP contribution in [0.3, 0.4) is 0 Å². The second-order valence-electron chi connectivity index (χ2n) is 5.41. The van der Waals surface area contributed by atoms with E-state index >= 15 is 0 Å². The highest BCUT2D eigenvalue weighted by atomic mass is 19.1. The molecule has 0 spiro atoms. The standard InChI is InChI=1S/C16H22FNO3/c1-12(21-15-8-4-5-13(17)11-15)16(20)18(9-10-19)14-6-2-3-7-14/h4-5,8,11-12,14,19H,2-3,6-7,9-10H2,1H3. The van der Waals surface area contributed by atoms with Crippen LogP contribution in [0.4, 0.5) is 4.39 Å². The van der Waals surface area contributed by atoms with Gasteiger partial charge in [-0.2, -0.15) is 0 Å². The van der Waals surface area contributed by atoms with Crippen LogP contribution < -0.4 is 4.74 Å². The Hall–Kier alpha value is -1.62. The Labute approximate surface area is 124 Å². The molecule has 1 unspecified atom stereocenters. The van der Waals surface area contributed by atoms with E-state index < -0.39 is 11.9 Å². The zero-order valence-corrected chi connectivity index (χ0v) is 12.3. The molecule has 0 aliphatic heterocycles. The molecule has 0 aromatic heterocycles. The number of hydrogen-bond acceptors (Lipinski definition) is 3. The summed E-state index contributed by atoms with van der Waals surface area (Å²) in [6, 6.07) is 5.94. The molecule has 1 aliphatic carbocycles. The molecule has 0 radical (unpaired) electrons. The van der Waals surface area contributed by atoms with E-state index in [4.69, 9.17) is 9.84 Å². The van der Waals surface area contributed by atoms with Crippen molar-refractivity contribution in [2.75, 3.05) is 13.2 Å². The van der Waals surface area contributed by atoms with Crippen LogP contribution in [0.25, 0.3) is 0 Å². The summed E-state index contributed by atoms with van der Waals surface area (Å²) in [6.07, 6.45) is 3.47. The van der Waals surface area contributed by atoms with Gasteiger partial charge in [0, 0.05) is 18.7 Å². The maximum Gasteiger partial charge on any atom is 0.263 e. The number of hydrogen-bond donors (Lipinski definition) is 1. The van der Waals surface area contributed by atoms with Crippen LogP contribution in [0.5, 0.6) is 5.75 Å². The van der Waals surface area contributed by atoms with E-state index in [1.165, 1.54) is 12.1 Å². The van der Waals surface area contributed by atoms with Crippen LogP contribution in [-0.2, 0) is 4.79 Å². The molecule has 0 saturated heterocycles. The lowest BCUT2D eigenvalue weighted by molar-refractivity contribution is -0.140. The van der Waals surface area contributed by atoms with Gasteiger partial charge in [0.15, 0.2) is 6.10 Å². The number of benzene rings is 1. The largest absolute Gasteiger partial charge is 0.481 e. The number of aliphatic hydroxyl groups is 1. The van der Waals surface area contributed by atoms with Crippen LogP contribution in [0.1, 0.15) is 32.6 Å². The van der Waals surface area contributed by atoms with E-state index in [0.717, 1.165) is 25.7 Å². The van der Waals surface area contributed by atoms with Gasteiger partial charge in [0.2, 0.25) is 0 Å². The lowest BCUT2D eigenvalue weighted by atomic mass is 10.2. The van der Waals surface area contributed by atoms with Gasteiger partial charge >= 0.3 is 0 Å². The SMILES string of the molecule is CC(Oc1cccc(F)c1)C(=O)N(CCO)C1CCCC1. The summed E-state index contributed by atoms with van der Waals surface area (Å²) in [6.45, 7) is 1.92. The summed E-state index contributed by atoms with van der Waals surface area (Å²) in [5.74, 6) is -0.207. The lowest BCUT2D eigenvalue weighted by Gasteiger charge is -2.30. The molecule has 1 aromatic carbocycles. The van der Waals surface area contributed by atoms with Crippen molar-refractivity contribution in [1.29, 1.82) is 0 Å². The lowest BCUT2D eigenvalue weighted by Crippen LogP contribution is -2.46. The van der Waals surface area contributed by atoms with Crippen molar-refractivity contribution in [3.05, 3.63) is 30.1 Å². The molecule has 4 nitrogen and oxygen atoms in total. The molecule has 1 saturated carbocycles. The third kappa shape index (κ3) is 4.17. The molecule has 0 heterocycles. The summed E-state index contributed by atoms with van der Waals surface area (Å²) in [4.78, 5) is 14.2. The second kappa shape index (κ2) is 7.41. The summed E-state index contributed by atoms with van der Waals surface area (Å²) in [5.41, 5.74) is 0. The molecule has 1 N–H and O–H groups in total. The normalized spacial score (nSPS) is 16.7. The number of halogens is 1. The fraction of sp³-hybridized carbons (Fsp3) is 0.562. The quantitative estimate of drug-likeness (QED) is 0.876. The molecule has 1 atom stereocenters. The van der Waals surface area contributed by atoms with E-state index in [1.807, 2.05) is 0 Å². The van der Waals surface area contributed by atoms with Crippen LogP contribution in [0.2, 0.25) is 0 Å². The monoisotopic (exact) mass is 295 g/mol. The number of aliphatic hydroxyl groups excluding tert-OH is 1. The molecule has 1 aliphatic rings. The predicted octanol–water partition coefficient (Wildman–Crippen LogP) is 2.36. The zero-order chi connectivity index (χ0) is 15.2. The molecule has 2 rings (SSSR count). The van der Waals surface area contributed by atoms with Crippen LogP contribution >= 0.6 is 0 Å². The average molecular weight is 295 g/mol. The van der Waals surface area contributed by atoms with E-state index in [2.05, 4.69) is 0 Å². The smallest absolute Gasteiger partial charge is 0.263 e. The number of amides is 1. The fourth-order valence-corrected chi connectivity index (χ4v) is 2.82. The van der Waals surface area contributed by atoms with Gasteiger partial charge in [-0.1, -0.05) is 18.9 Å². The molecule has 1 fully saturated rings. The van der Waals surface area contributed by atoms with Crippen molar-refractivity contribution in [1.82, 2.24) is 4.90 Å². The Kier molecular flexibility index (Phi) is 5.56. The summed E-state index contributed by atoms with van der Waals surface area (Å²) in [7, 11) is 0. The van der Waals surface area contributed by atoms with Crippen LogP contribution in [-0.4, -0.2) is 41.2 Å². The van der Waals surface area contributed by atoms with Crippen molar-refractivity contribution < 1.29 is 19.0 Å². The Morgan fingerprint density at radius 2 is 2.19 bits per heavy atom. The predicted molar refractivity (Wildman–Crippen MR) is 77.5 cm³/mol. The molecule has 21 heavy (non-hydrogen) atoms. The highest BCUT2D eigenvalue weighted by molar-refractivity contribution is 5.81. The Balaban J connectivity index is 2.01. The molecular formula is C16H22FNO3. The highest BCUT2D eigenvalue weighted by Crippen LogP contribution is 2.24. The molecule has 0 bridgehead atoms. The first-order valence-corrected chi connectivity index (χ1v) is 7.45. The van der Waals surface area contributed by atoms with Gasteiger partial charge in [0.1, 0.15) is 11.6 Å². The Morgan fingerprint density at radius 3 is 2.81 bits per heavy atom. The summed E-state index contributed by atoms with van der Waals surface area (Å²) >= 11 is 0. The van der Waals surface area contributed by atoms with Gasteiger partial charge in [0.05, 0.1) is 6.61 Å². The first-order chi connectivity index (χ1) is 10.1. The fourth-order valence-electron chi connectivity index (χ4n) is 2.82. The third-order valence-corrected chi connectivity index (χ3v) is 3.85. The molecule has 1 aromatic rings. The van der Waals surface area contributed by atoms with Crippen molar-refractivity contribution in [3.8, 4) is 5.75 Å². The van der Waals surface area contributed by atoms with Gasteiger partial charge in [-0.05, 0) is 31.9 Å². The van der Waals surface area contributed by atoms with E-state index in [0.29, 0.717) is 12.3 Å². The van der Waals surface area contributed by atoms with Crippen molar-refractivity contribution in [3.63, 3.8) is 0 Å². The van der Waals surface area contributed by atoms with Crippen LogP contribution in [0, 0.1) is 5.82 Å². The number of rotatable bonds is 6. The van der Waals surface area contributed by atoms with Crippen LogP contribution in [0.15, 0.2) is 24.3 Å². The Bertz CT molecular complexity index is 474. The third-order valence-electron chi connectivity index (χ3n) is 3.85. The maximum absolute atomic E-state index is 13.1. The molecule has 5 heteroatoms. The van der Waals surface area contributed by atoms with Gasteiger partial charge in [-0.15, -0.1) is 0 Å². The average Bonchev–Trinajstić information content (AvgIpc) is 2.98. The number of carbonyl (C=O) groups is 1. The number of carbonyl (C=O) groups excluding carboxylic acids is 1. The maximum atomic E-state index is 13.1. The van der Waals surface area contributed by atoms with Crippen molar-refractivity contribution in [2.45, 2.75) is 44.8 Å². The summed E-state index contributed by atoms with van der Waals surface area (Å²) in [5, 5.41) is 9.17. The minimum Gasteiger partial charge on any atom is -0.481 e. The van der Waals surface area contributed by atoms with Gasteiger partial charge in [0.25, 0.3) is 5.91 Å². The van der Waals surface area contributed by atoms with Gasteiger partial charge < -0.3 is 14.7 Å². The summed E-state index contributed by atoms with van der Waals surface area (Å²) < 4.78 is 18.7. The van der Waals surface area contributed by atoms with Gasteiger partial charge in [-0.25, -0.2) is 4.39 Å². The minimum atomic E-state index is -0.695. The first-order valence-electron chi connectivity index (χ1n) is 7.45. The highest BCUT2D eigenvalue weighted by Gasteiger charge is 2.30. The van der Waals surface area contributed by atoms with E-state index in [-0.39, 0.29) is 18.6 Å². The number of ether oxygens (including phenoxy) is 1. The van der Waals surface area contributed by atoms with Crippen molar-refractivity contribution >= 4 is 5.91 Å². The van der Waals surface area contributed by atoms with Crippen molar-refractivity contribution in [2.24, 2.45) is 0 Å².